The van der Waals surface area contributed by atoms with Crippen LogP contribution in [0.5, 0.6) is 5.75 Å². The van der Waals surface area contributed by atoms with Gasteiger partial charge in [-0.25, -0.2) is 0 Å². The first-order valence-corrected chi connectivity index (χ1v) is 10.6. The van der Waals surface area contributed by atoms with Gasteiger partial charge >= 0.3 is 0 Å². The van der Waals surface area contributed by atoms with Crippen LogP contribution in [0.25, 0.3) is 0 Å². The Hall–Kier alpha value is -2.27. The smallest absolute Gasteiger partial charge is 0.171 e. The van der Waals surface area contributed by atoms with Gasteiger partial charge in [-0.05, 0) is 74.7 Å². The van der Waals surface area contributed by atoms with Gasteiger partial charge < -0.3 is 20.3 Å². The van der Waals surface area contributed by atoms with Gasteiger partial charge in [-0.2, -0.15) is 0 Å². The number of rotatable bonds is 6. The van der Waals surface area contributed by atoms with Crippen LogP contribution >= 0.6 is 12.2 Å². The Bertz CT molecular complexity index is 770. The van der Waals surface area contributed by atoms with Crippen molar-refractivity contribution in [1.29, 1.82) is 0 Å². The first-order chi connectivity index (χ1) is 13.6. The number of hydrogen-bond donors (Lipinski definition) is 2. The van der Waals surface area contributed by atoms with Crippen LogP contribution in [0, 0.1) is 5.92 Å². The van der Waals surface area contributed by atoms with Crippen LogP contribution in [0.2, 0.25) is 0 Å². The van der Waals surface area contributed by atoms with Crippen molar-refractivity contribution >= 4 is 28.7 Å². The van der Waals surface area contributed by atoms with E-state index in [1.54, 1.807) is 0 Å². The monoisotopic (exact) mass is 397 g/mol. The SMILES string of the molecule is CCOc1ccccc1NC(=S)N[C@@H](C)c1ccc(N2CCC(C)CC2)cc1. The summed E-state index contributed by atoms with van der Waals surface area (Å²) >= 11 is 5.51. The van der Waals surface area contributed by atoms with Gasteiger partial charge in [0.1, 0.15) is 5.75 Å². The highest BCUT2D eigenvalue weighted by molar-refractivity contribution is 7.80. The number of nitrogens with one attached hydrogen (secondary N) is 2. The molecule has 1 atom stereocenters. The van der Waals surface area contributed by atoms with Gasteiger partial charge in [0, 0.05) is 18.8 Å². The first-order valence-electron chi connectivity index (χ1n) is 10.2. The van der Waals surface area contributed by atoms with Crippen molar-refractivity contribution in [2.24, 2.45) is 5.92 Å². The molecule has 4 nitrogen and oxygen atoms in total. The molecule has 0 aromatic heterocycles. The van der Waals surface area contributed by atoms with Crippen molar-refractivity contribution in [2.45, 2.75) is 39.7 Å². The molecular formula is C23H31N3OS. The molecule has 3 rings (SSSR count). The lowest BCUT2D eigenvalue weighted by atomic mass is 9.98. The summed E-state index contributed by atoms with van der Waals surface area (Å²) in [4.78, 5) is 2.48. The van der Waals surface area contributed by atoms with Gasteiger partial charge in [-0.3, -0.25) is 0 Å². The molecule has 2 N–H and O–H groups in total. The van der Waals surface area contributed by atoms with Crippen LogP contribution in [0.4, 0.5) is 11.4 Å². The Labute approximate surface area is 174 Å². The summed E-state index contributed by atoms with van der Waals surface area (Å²) in [5, 5.41) is 7.21. The zero-order valence-electron chi connectivity index (χ0n) is 17.1. The molecule has 150 valence electrons. The van der Waals surface area contributed by atoms with Crippen LogP contribution < -0.4 is 20.3 Å². The fourth-order valence-corrected chi connectivity index (χ4v) is 3.82. The van der Waals surface area contributed by atoms with Crippen molar-refractivity contribution in [3.8, 4) is 5.75 Å². The Morgan fingerprint density at radius 3 is 2.50 bits per heavy atom. The van der Waals surface area contributed by atoms with Crippen LogP contribution in [-0.2, 0) is 0 Å². The van der Waals surface area contributed by atoms with Gasteiger partial charge in [0.05, 0.1) is 18.3 Å². The molecular weight excluding hydrogens is 366 g/mol. The predicted octanol–water partition coefficient (Wildman–Crippen LogP) is 5.37. The van der Waals surface area contributed by atoms with E-state index in [1.165, 1.54) is 24.1 Å². The molecule has 0 saturated carbocycles. The molecule has 1 aliphatic rings. The molecule has 5 heteroatoms. The van der Waals surface area contributed by atoms with E-state index in [9.17, 15) is 0 Å². The second-order valence-corrected chi connectivity index (χ2v) is 7.92. The van der Waals surface area contributed by atoms with E-state index in [0.29, 0.717) is 11.7 Å². The number of thiocarbonyl (C=S) groups is 1. The topological polar surface area (TPSA) is 36.5 Å². The van der Waals surface area contributed by atoms with Gasteiger partial charge in [0.2, 0.25) is 0 Å². The van der Waals surface area contributed by atoms with E-state index in [1.807, 2.05) is 31.2 Å². The average molecular weight is 398 g/mol. The maximum Gasteiger partial charge on any atom is 0.171 e. The highest BCUT2D eigenvalue weighted by Gasteiger charge is 2.16. The molecule has 0 spiro atoms. The van der Waals surface area contributed by atoms with Crippen molar-refractivity contribution in [2.75, 3.05) is 29.9 Å². The summed E-state index contributed by atoms with van der Waals surface area (Å²) in [7, 11) is 0. The second-order valence-electron chi connectivity index (χ2n) is 7.51. The van der Waals surface area contributed by atoms with E-state index in [4.69, 9.17) is 17.0 Å². The van der Waals surface area contributed by atoms with Crippen molar-refractivity contribution in [3.05, 3.63) is 54.1 Å². The van der Waals surface area contributed by atoms with Crippen molar-refractivity contribution in [1.82, 2.24) is 5.32 Å². The van der Waals surface area contributed by atoms with Gasteiger partial charge in [-0.15, -0.1) is 0 Å². The number of hydrogen-bond acceptors (Lipinski definition) is 3. The summed E-state index contributed by atoms with van der Waals surface area (Å²) in [5.41, 5.74) is 3.41. The number of piperidine rings is 1. The fraction of sp³-hybridized carbons (Fsp3) is 0.435. The van der Waals surface area contributed by atoms with E-state index < -0.39 is 0 Å². The number of anilines is 2. The molecule has 28 heavy (non-hydrogen) atoms. The summed E-state index contributed by atoms with van der Waals surface area (Å²) in [5.74, 6) is 1.66. The molecule has 1 saturated heterocycles. The predicted molar refractivity (Wildman–Crippen MR) is 122 cm³/mol. The van der Waals surface area contributed by atoms with Gasteiger partial charge in [0.15, 0.2) is 5.11 Å². The zero-order chi connectivity index (χ0) is 19.9. The van der Waals surface area contributed by atoms with E-state index in [-0.39, 0.29) is 6.04 Å². The summed E-state index contributed by atoms with van der Waals surface area (Å²) in [6, 6.07) is 16.8. The first kappa shape index (κ1) is 20.5. The third-order valence-electron chi connectivity index (χ3n) is 5.32. The quantitative estimate of drug-likeness (QED) is 0.641. The lowest BCUT2D eigenvalue weighted by molar-refractivity contribution is 0.342. The molecule has 0 aliphatic carbocycles. The Kier molecular flexibility index (Phi) is 7.15. The number of ether oxygens (including phenoxy) is 1. The van der Waals surface area contributed by atoms with Crippen LogP contribution in [-0.4, -0.2) is 24.8 Å². The van der Waals surface area contributed by atoms with Crippen molar-refractivity contribution < 1.29 is 4.74 Å². The molecule has 1 aliphatic heterocycles. The fourth-order valence-electron chi connectivity index (χ4n) is 3.53. The Balaban J connectivity index is 1.57. The summed E-state index contributed by atoms with van der Waals surface area (Å²) in [6.45, 7) is 9.38. The van der Waals surface area contributed by atoms with Gasteiger partial charge in [0.25, 0.3) is 0 Å². The molecule has 1 fully saturated rings. The minimum Gasteiger partial charge on any atom is -0.492 e. The van der Waals surface area contributed by atoms with E-state index in [0.717, 1.165) is 30.4 Å². The maximum absolute atomic E-state index is 5.65. The Morgan fingerprint density at radius 2 is 1.82 bits per heavy atom. The molecule has 0 bridgehead atoms. The second kappa shape index (κ2) is 9.78. The van der Waals surface area contributed by atoms with Crippen LogP contribution in [0.1, 0.15) is 45.2 Å². The van der Waals surface area contributed by atoms with Crippen molar-refractivity contribution in [3.63, 3.8) is 0 Å². The maximum atomic E-state index is 5.65. The summed E-state index contributed by atoms with van der Waals surface area (Å²) < 4.78 is 5.65. The van der Waals surface area contributed by atoms with Crippen LogP contribution in [0.15, 0.2) is 48.5 Å². The van der Waals surface area contributed by atoms with E-state index in [2.05, 4.69) is 53.6 Å². The Morgan fingerprint density at radius 1 is 1.14 bits per heavy atom. The number of para-hydroxylation sites is 2. The van der Waals surface area contributed by atoms with E-state index >= 15 is 0 Å². The minimum atomic E-state index is 0.120. The standard InChI is InChI=1S/C23H31N3OS/c1-4-27-22-8-6-5-7-21(22)25-23(28)24-18(3)19-9-11-20(12-10-19)26-15-13-17(2)14-16-26/h5-12,17-18H,4,13-16H2,1-3H3,(H2,24,25,28)/t18-/m0/s1. The molecule has 0 amide bonds. The minimum absolute atomic E-state index is 0.120. The zero-order valence-corrected chi connectivity index (χ0v) is 17.9. The number of benzene rings is 2. The molecule has 0 unspecified atom stereocenters. The summed E-state index contributed by atoms with van der Waals surface area (Å²) in [6.07, 6.45) is 2.56. The third-order valence-corrected chi connectivity index (χ3v) is 5.54. The normalized spacial score (nSPS) is 15.8. The highest BCUT2D eigenvalue weighted by atomic mass is 32.1. The molecule has 2 aromatic rings. The number of nitrogens with zero attached hydrogens (tertiary/aromatic N) is 1. The molecule has 0 radical (unpaired) electrons. The third kappa shape index (κ3) is 5.38. The average Bonchev–Trinajstić information content (AvgIpc) is 2.70. The lowest BCUT2D eigenvalue weighted by Crippen LogP contribution is -2.33. The molecule has 2 aromatic carbocycles. The lowest BCUT2D eigenvalue weighted by Gasteiger charge is -2.32. The largest absolute Gasteiger partial charge is 0.492 e. The van der Waals surface area contributed by atoms with Gasteiger partial charge in [-0.1, -0.05) is 31.2 Å². The highest BCUT2D eigenvalue weighted by Crippen LogP contribution is 2.26. The van der Waals surface area contributed by atoms with Crippen LogP contribution in [0.3, 0.4) is 0 Å². The molecule has 1 heterocycles.